The molecular formula is C10H11ClO2. The van der Waals surface area contributed by atoms with Gasteiger partial charge >= 0.3 is 5.97 Å². The molecule has 0 aliphatic heterocycles. The number of esters is 1. The van der Waals surface area contributed by atoms with Gasteiger partial charge in [0.1, 0.15) is 6.10 Å². The zero-order valence-corrected chi connectivity index (χ0v) is 8.34. The van der Waals surface area contributed by atoms with Gasteiger partial charge in [-0.3, -0.25) is 4.79 Å². The van der Waals surface area contributed by atoms with Gasteiger partial charge < -0.3 is 4.74 Å². The minimum absolute atomic E-state index is 0.213. The molecule has 13 heavy (non-hydrogen) atoms. The number of carbonyl (C=O) groups is 1. The van der Waals surface area contributed by atoms with Crippen LogP contribution in [0.15, 0.2) is 24.3 Å². The van der Waals surface area contributed by atoms with Crippen LogP contribution in [0.5, 0.6) is 0 Å². The Labute approximate surface area is 82.5 Å². The lowest BCUT2D eigenvalue weighted by Gasteiger charge is -2.11. The first kappa shape index (κ1) is 10.1. The molecule has 0 N–H and O–H groups in total. The molecule has 1 atom stereocenters. The largest absolute Gasteiger partial charge is 0.458 e. The number of rotatable bonds is 2. The van der Waals surface area contributed by atoms with Crippen molar-refractivity contribution in [3.63, 3.8) is 0 Å². The Hall–Kier alpha value is -1.02. The Kier molecular flexibility index (Phi) is 3.32. The average molecular weight is 199 g/mol. The molecule has 0 amide bonds. The number of hydrogen-bond acceptors (Lipinski definition) is 2. The van der Waals surface area contributed by atoms with Crippen molar-refractivity contribution < 1.29 is 9.53 Å². The standard InChI is InChI=1S/C10H11ClO2/c1-7(13-8(2)12)9-3-5-10(11)6-4-9/h3-7H,1-2H3/t7-/m1/s1. The Morgan fingerprint density at radius 1 is 1.38 bits per heavy atom. The van der Waals surface area contributed by atoms with Gasteiger partial charge in [-0.1, -0.05) is 23.7 Å². The number of halogens is 1. The summed E-state index contributed by atoms with van der Waals surface area (Å²) < 4.78 is 4.99. The molecule has 1 aromatic carbocycles. The van der Waals surface area contributed by atoms with Crippen LogP contribution in [0.1, 0.15) is 25.5 Å². The lowest BCUT2D eigenvalue weighted by molar-refractivity contribution is -0.145. The highest BCUT2D eigenvalue weighted by molar-refractivity contribution is 6.30. The van der Waals surface area contributed by atoms with Crippen LogP contribution < -0.4 is 0 Å². The van der Waals surface area contributed by atoms with Crippen molar-refractivity contribution >= 4 is 17.6 Å². The van der Waals surface area contributed by atoms with E-state index < -0.39 is 0 Å². The minimum Gasteiger partial charge on any atom is -0.458 e. The molecule has 70 valence electrons. The monoisotopic (exact) mass is 198 g/mol. The third-order valence-electron chi connectivity index (χ3n) is 1.68. The van der Waals surface area contributed by atoms with Gasteiger partial charge in [0.05, 0.1) is 0 Å². The third kappa shape index (κ3) is 3.07. The van der Waals surface area contributed by atoms with E-state index in [1.807, 2.05) is 19.1 Å². The Morgan fingerprint density at radius 3 is 2.38 bits per heavy atom. The summed E-state index contributed by atoms with van der Waals surface area (Å²) >= 11 is 5.71. The molecule has 0 aliphatic carbocycles. The lowest BCUT2D eigenvalue weighted by Crippen LogP contribution is -2.04. The number of ether oxygens (including phenoxy) is 1. The van der Waals surface area contributed by atoms with Crippen molar-refractivity contribution in [3.05, 3.63) is 34.9 Å². The molecule has 0 spiro atoms. The third-order valence-corrected chi connectivity index (χ3v) is 1.93. The molecule has 0 unspecified atom stereocenters. The van der Waals surface area contributed by atoms with E-state index in [0.717, 1.165) is 5.56 Å². The Morgan fingerprint density at radius 2 is 1.92 bits per heavy atom. The van der Waals surface area contributed by atoms with E-state index in [0.29, 0.717) is 5.02 Å². The molecule has 0 heterocycles. The van der Waals surface area contributed by atoms with E-state index in [-0.39, 0.29) is 12.1 Å². The number of hydrogen-bond donors (Lipinski definition) is 0. The fourth-order valence-corrected chi connectivity index (χ4v) is 1.18. The van der Waals surface area contributed by atoms with Crippen LogP contribution in [0.4, 0.5) is 0 Å². The van der Waals surface area contributed by atoms with Crippen LogP contribution in [0.25, 0.3) is 0 Å². The topological polar surface area (TPSA) is 26.3 Å². The first-order valence-electron chi connectivity index (χ1n) is 4.02. The zero-order chi connectivity index (χ0) is 9.84. The molecule has 1 rings (SSSR count). The second kappa shape index (κ2) is 4.28. The summed E-state index contributed by atoms with van der Waals surface area (Å²) in [5.74, 6) is -0.276. The molecule has 0 radical (unpaired) electrons. The molecule has 0 saturated carbocycles. The maximum atomic E-state index is 10.6. The van der Waals surface area contributed by atoms with Crippen molar-refractivity contribution in [2.24, 2.45) is 0 Å². The predicted octanol–water partition coefficient (Wildman–Crippen LogP) is 2.96. The summed E-state index contributed by atoms with van der Waals surface area (Å²) in [5.41, 5.74) is 0.944. The highest BCUT2D eigenvalue weighted by atomic mass is 35.5. The average Bonchev–Trinajstić information content (AvgIpc) is 2.04. The first-order valence-corrected chi connectivity index (χ1v) is 4.40. The molecule has 0 saturated heterocycles. The summed E-state index contributed by atoms with van der Waals surface area (Å²) in [6, 6.07) is 7.24. The van der Waals surface area contributed by atoms with Gasteiger partial charge in [0, 0.05) is 11.9 Å². The molecular weight excluding hydrogens is 188 g/mol. The second-order valence-corrected chi connectivity index (χ2v) is 3.24. The van der Waals surface area contributed by atoms with Gasteiger partial charge in [0.2, 0.25) is 0 Å². The molecule has 0 bridgehead atoms. The van der Waals surface area contributed by atoms with Crippen LogP contribution in [0.3, 0.4) is 0 Å². The van der Waals surface area contributed by atoms with Crippen LogP contribution in [0.2, 0.25) is 5.02 Å². The fourth-order valence-electron chi connectivity index (χ4n) is 1.05. The summed E-state index contributed by atoms with van der Waals surface area (Å²) in [6.07, 6.45) is -0.213. The number of carbonyl (C=O) groups excluding carboxylic acids is 1. The summed E-state index contributed by atoms with van der Waals surface area (Å²) in [6.45, 7) is 3.22. The van der Waals surface area contributed by atoms with Gasteiger partial charge in [-0.15, -0.1) is 0 Å². The van der Waals surface area contributed by atoms with E-state index in [2.05, 4.69) is 0 Å². The van der Waals surface area contributed by atoms with Gasteiger partial charge in [0.25, 0.3) is 0 Å². The zero-order valence-electron chi connectivity index (χ0n) is 7.58. The quantitative estimate of drug-likeness (QED) is 0.683. The highest BCUT2D eigenvalue weighted by Gasteiger charge is 2.07. The fraction of sp³-hybridized carbons (Fsp3) is 0.300. The molecule has 0 fully saturated rings. The van der Waals surface area contributed by atoms with Crippen LogP contribution in [-0.2, 0) is 9.53 Å². The minimum atomic E-state index is -0.276. The van der Waals surface area contributed by atoms with Gasteiger partial charge in [-0.05, 0) is 24.6 Å². The molecule has 0 aliphatic rings. The second-order valence-electron chi connectivity index (χ2n) is 2.80. The molecule has 0 aromatic heterocycles. The smallest absolute Gasteiger partial charge is 0.303 e. The maximum Gasteiger partial charge on any atom is 0.303 e. The maximum absolute atomic E-state index is 10.6. The van der Waals surface area contributed by atoms with E-state index in [1.54, 1.807) is 12.1 Å². The summed E-state index contributed by atoms with van der Waals surface area (Å²) in [7, 11) is 0. The van der Waals surface area contributed by atoms with Crippen molar-refractivity contribution in [1.82, 2.24) is 0 Å². The molecule has 2 nitrogen and oxygen atoms in total. The lowest BCUT2D eigenvalue weighted by atomic mass is 10.1. The highest BCUT2D eigenvalue weighted by Crippen LogP contribution is 2.18. The van der Waals surface area contributed by atoms with E-state index in [9.17, 15) is 4.79 Å². The van der Waals surface area contributed by atoms with Gasteiger partial charge in [0.15, 0.2) is 0 Å². The van der Waals surface area contributed by atoms with Crippen molar-refractivity contribution in [1.29, 1.82) is 0 Å². The van der Waals surface area contributed by atoms with E-state index >= 15 is 0 Å². The van der Waals surface area contributed by atoms with Crippen molar-refractivity contribution in [3.8, 4) is 0 Å². The van der Waals surface area contributed by atoms with Crippen molar-refractivity contribution in [2.45, 2.75) is 20.0 Å². The van der Waals surface area contributed by atoms with E-state index in [4.69, 9.17) is 16.3 Å². The molecule has 1 aromatic rings. The molecule has 3 heteroatoms. The van der Waals surface area contributed by atoms with Crippen LogP contribution >= 0.6 is 11.6 Å². The Bertz CT molecular complexity index is 292. The van der Waals surface area contributed by atoms with Gasteiger partial charge in [-0.2, -0.15) is 0 Å². The van der Waals surface area contributed by atoms with Gasteiger partial charge in [-0.25, -0.2) is 0 Å². The number of benzene rings is 1. The van der Waals surface area contributed by atoms with Crippen LogP contribution in [0, 0.1) is 0 Å². The SMILES string of the molecule is CC(=O)O[C@H](C)c1ccc(Cl)cc1. The normalized spacial score (nSPS) is 12.2. The predicted molar refractivity (Wildman–Crippen MR) is 51.6 cm³/mol. The summed E-state index contributed by atoms with van der Waals surface area (Å²) in [4.78, 5) is 10.6. The van der Waals surface area contributed by atoms with E-state index in [1.165, 1.54) is 6.92 Å². The van der Waals surface area contributed by atoms with Crippen LogP contribution in [-0.4, -0.2) is 5.97 Å². The Balaban J connectivity index is 2.71. The van der Waals surface area contributed by atoms with Crippen molar-refractivity contribution in [2.75, 3.05) is 0 Å². The first-order chi connectivity index (χ1) is 6.09. The summed E-state index contributed by atoms with van der Waals surface area (Å²) in [5, 5.41) is 0.679.